The van der Waals surface area contributed by atoms with Gasteiger partial charge in [-0.15, -0.1) is 0 Å². The number of imidazole rings is 1. The first kappa shape index (κ1) is 19.9. The number of aromatic nitrogens is 4. The first-order valence-electron chi connectivity index (χ1n) is 9.25. The van der Waals surface area contributed by atoms with Gasteiger partial charge in [0.25, 0.3) is 5.56 Å². The largest absolute Gasteiger partial charge is 0.351 e. The molecule has 0 amide bonds. The molecule has 0 aliphatic heterocycles. The van der Waals surface area contributed by atoms with E-state index in [2.05, 4.69) is 10.3 Å². The van der Waals surface area contributed by atoms with Crippen LogP contribution in [0.2, 0.25) is 5.02 Å². The summed E-state index contributed by atoms with van der Waals surface area (Å²) < 4.78 is 17.4. The lowest BCUT2D eigenvalue weighted by atomic mass is 10.2. The molecule has 9 heteroatoms. The summed E-state index contributed by atoms with van der Waals surface area (Å²) in [6.07, 6.45) is 0. The average molecular weight is 428 g/mol. The highest BCUT2D eigenvalue weighted by Gasteiger charge is 2.19. The van der Waals surface area contributed by atoms with E-state index < -0.39 is 11.2 Å². The molecule has 2 heterocycles. The normalized spacial score (nSPS) is 11.2. The number of aryl methyl sites for hydroxylation is 1. The Morgan fingerprint density at radius 3 is 2.43 bits per heavy atom. The number of anilines is 1. The Bertz CT molecular complexity index is 1360. The second-order valence-corrected chi connectivity index (χ2v) is 7.38. The zero-order chi connectivity index (χ0) is 21.4. The number of nitrogens with zero attached hydrogens (tertiary/aromatic N) is 4. The van der Waals surface area contributed by atoms with Crippen molar-refractivity contribution in [2.45, 2.75) is 13.1 Å². The van der Waals surface area contributed by atoms with Crippen LogP contribution in [0.1, 0.15) is 11.1 Å². The van der Waals surface area contributed by atoms with Crippen LogP contribution in [-0.2, 0) is 27.2 Å². The fourth-order valence-corrected chi connectivity index (χ4v) is 3.53. The Labute approximate surface area is 176 Å². The van der Waals surface area contributed by atoms with Gasteiger partial charge in [0.1, 0.15) is 5.82 Å². The second-order valence-electron chi connectivity index (χ2n) is 6.97. The molecule has 2 aromatic carbocycles. The summed E-state index contributed by atoms with van der Waals surface area (Å²) in [5.74, 6) is 0.0668. The summed E-state index contributed by atoms with van der Waals surface area (Å²) in [5, 5.41) is 3.82. The number of rotatable bonds is 5. The van der Waals surface area contributed by atoms with Gasteiger partial charge in [-0.25, -0.2) is 9.18 Å². The van der Waals surface area contributed by atoms with E-state index in [1.54, 1.807) is 29.8 Å². The van der Waals surface area contributed by atoms with Crippen molar-refractivity contribution in [3.8, 4) is 0 Å². The van der Waals surface area contributed by atoms with Crippen LogP contribution in [0, 0.1) is 5.82 Å². The number of benzene rings is 2. The van der Waals surface area contributed by atoms with E-state index in [1.165, 1.54) is 23.7 Å². The SMILES string of the molecule is Cn1c(=O)c2c(nc(NCc3ccccc3Cl)n2Cc2ccc(F)cc2)n(C)c1=O. The van der Waals surface area contributed by atoms with Crippen LogP contribution in [0.25, 0.3) is 11.2 Å². The van der Waals surface area contributed by atoms with Crippen LogP contribution in [0.15, 0.2) is 58.1 Å². The molecule has 4 aromatic rings. The van der Waals surface area contributed by atoms with Crippen LogP contribution >= 0.6 is 11.6 Å². The van der Waals surface area contributed by atoms with Crippen LogP contribution in [-0.4, -0.2) is 18.7 Å². The maximum absolute atomic E-state index is 13.3. The van der Waals surface area contributed by atoms with E-state index in [9.17, 15) is 14.0 Å². The average Bonchev–Trinajstić information content (AvgIpc) is 3.10. The Morgan fingerprint density at radius 2 is 1.73 bits per heavy atom. The highest BCUT2D eigenvalue weighted by atomic mass is 35.5. The van der Waals surface area contributed by atoms with Crippen LogP contribution < -0.4 is 16.6 Å². The Hall–Kier alpha value is -3.39. The van der Waals surface area contributed by atoms with Crippen LogP contribution in [0.4, 0.5) is 10.3 Å². The van der Waals surface area contributed by atoms with Crippen molar-refractivity contribution in [1.29, 1.82) is 0 Å². The zero-order valence-corrected chi connectivity index (χ0v) is 17.2. The van der Waals surface area contributed by atoms with E-state index in [0.29, 0.717) is 17.5 Å². The fraction of sp³-hybridized carbons (Fsp3) is 0.190. The summed E-state index contributed by atoms with van der Waals surface area (Å²) in [6.45, 7) is 0.649. The highest BCUT2D eigenvalue weighted by molar-refractivity contribution is 6.31. The molecule has 7 nitrogen and oxygen atoms in total. The van der Waals surface area contributed by atoms with Gasteiger partial charge in [-0.3, -0.25) is 18.5 Å². The molecule has 0 radical (unpaired) electrons. The van der Waals surface area contributed by atoms with E-state index >= 15 is 0 Å². The van der Waals surface area contributed by atoms with Crippen molar-refractivity contribution >= 4 is 28.7 Å². The van der Waals surface area contributed by atoms with Crippen molar-refractivity contribution in [1.82, 2.24) is 18.7 Å². The third-order valence-electron chi connectivity index (χ3n) is 5.00. The number of nitrogens with one attached hydrogen (secondary N) is 1. The first-order valence-corrected chi connectivity index (χ1v) is 9.62. The van der Waals surface area contributed by atoms with E-state index in [1.807, 2.05) is 18.2 Å². The molecule has 1 N–H and O–H groups in total. The van der Waals surface area contributed by atoms with E-state index in [-0.39, 0.29) is 23.5 Å². The quantitative estimate of drug-likeness (QED) is 0.531. The zero-order valence-electron chi connectivity index (χ0n) is 16.4. The smallest absolute Gasteiger partial charge is 0.332 e. The topological polar surface area (TPSA) is 73.8 Å². The highest BCUT2D eigenvalue weighted by Crippen LogP contribution is 2.21. The fourth-order valence-electron chi connectivity index (χ4n) is 3.32. The molecule has 0 aliphatic rings. The van der Waals surface area contributed by atoms with Gasteiger partial charge in [0, 0.05) is 25.7 Å². The molecule has 0 atom stereocenters. The molecule has 2 aromatic heterocycles. The van der Waals surface area contributed by atoms with Crippen molar-refractivity contribution in [3.05, 3.63) is 91.3 Å². The minimum atomic E-state index is -0.461. The summed E-state index contributed by atoms with van der Waals surface area (Å²) in [5.41, 5.74) is 1.29. The van der Waals surface area contributed by atoms with E-state index in [4.69, 9.17) is 11.6 Å². The minimum Gasteiger partial charge on any atom is -0.351 e. The van der Waals surface area contributed by atoms with E-state index in [0.717, 1.165) is 15.7 Å². The third-order valence-corrected chi connectivity index (χ3v) is 5.37. The maximum atomic E-state index is 13.3. The number of hydrogen-bond donors (Lipinski definition) is 1. The third kappa shape index (κ3) is 3.50. The monoisotopic (exact) mass is 427 g/mol. The van der Waals surface area contributed by atoms with Gasteiger partial charge in [-0.05, 0) is 29.3 Å². The van der Waals surface area contributed by atoms with Crippen molar-refractivity contribution in [3.63, 3.8) is 0 Å². The molecule has 30 heavy (non-hydrogen) atoms. The Kier molecular flexibility index (Phi) is 5.17. The van der Waals surface area contributed by atoms with Gasteiger partial charge in [-0.1, -0.05) is 41.9 Å². The second kappa shape index (κ2) is 7.79. The summed E-state index contributed by atoms with van der Waals surface area (Å²) in [6, 6.07) is 13.4. The predicted octanol–water partition coefficient (Wildman–Crippen LogP) is 2.89. The molecular weight excluding hydrogens is 409 g/mol. The van der Waals surface area contributed by atoms with Crippen molar-refractivity contribution in [2.75, 3.05) is 5.32 Å². The molecule has 0 fully saturated rings. The molecular formula is C21H19ClFN5O2. The molecule has 154 valence electrons. The minimum absolute atomic E-state index is 0.270. The van der Waals surface area contributed by atoms with Crippen molar-refractivity contribution in [2.24, 2.45) is 14.1 Å². The summed E-state index contributed by atoms with van der Waals surface area (Å²) in [7, 11) is 2.99. The van der Waals surface area contributed by atoms with Gasteiger partial charge >= 0.3 is 5.69 Å². The molecule has 0 bridgehead atoms. The lowest BCUT2D eigenvalue weighted by Gasteiger charge is -2.12. The first-order chi connectivity index (χ1) is 14.4. The van der Waals surface area contributed by atoms with Crippen LogP contribution in [0.3, 0.4) is 0 Å². The van der Waals surface area contributed by atoms with Gasteiger partial charge in [-0.2, -0.15) is 4.98 Å². The summed E-state index contributed by atoms with van der Waals surface area (Å²) in [4.78, 5) is 29.7. The Morgan fingerprint density at radius 1 is 1.03 bits per heavy atom. The number of hydrogen-bond acceptors (Lipinski definition) is 4. The van der Waals surface area contributed by atoms with Gasteiger partial charge in [0.15, 0.2) is 11.2 Å². The molecule has 0 saturated heterocycles. The molecule has 0 unspecified atom stereocenters. The molecule has 4 rings (SSSR count). The molecule has 0 aliphatic carbocycles. The van der Waals surface area contributed by atoms with Gasteiger partial charge in [0.05, 0.1) is 6.54 Å². The van der Waals surface area contributed by atoms with Crippen molar-refractivity contribution < 1.29 is 4.39 Å². The summed E-state index contributed by atoms with van der Waals surface area (Å²) >= 11 is 6.24. The lowest BCUT2D eigenvalue weighted by molar-refractivity contribution is 0.626. The predicted molar refractivity (Wildman–Crippen MR) is 114 cm³/mol. The van der Waals surface area contributed by atoms with Gasteiger partial charge < -0.3 is 5.32 Å². The number of fused-ring (bicyclic) bond motifs is 1. The lowest BCUT2D eigenvalue weighted by Crippen LogP contribution is -2.37. The maximum Gasteiger partial charge on any atom is 0.332 e. The molecule has 0 saturated carbocycles. The molecule has 0 spiro atoms. The Balaban J connectivity index is 1.85. The van der Waals surface area contributed by atoms with Crippen LogP contribution in [0.5, 0.6) is 0 Å². The number of halogens is 2. The standard InChI is InChI=1S/C21H19ClFN5O2/c1-26-18-17(19(29)27(2)21(26)30)28(12-13-7-9-15(23)10-8-13)20(25-18)24-11-14-5-3-4-6-16(14)22/h3-10H,11-12H2,1-2H3,(H,24,25). The van der Waals surface area contributed by atoms with Gasteiger partial charge in [0.2, 0.25) is 5.95 Å².